The number of hydrogen-bond donors (Lipinski definition) is 1. The Balaban J connectivity index is 1.04. The van der Waals surface area contributed by atoms with E-state index in [0.717, 1.165) is 54.4 Å². The van der Waals surface area contributed by atoms with Crippen LogP contribution in [-0.4, -0.2) is 26.9 Å². The molecule has 2 atom stereocenters. The Hall–Kier alpha value is -4.36. The first-order valence-corrected chi connectivity index (χ1v) is 16.7. The van der Waals surface area contributed by atoms with Gasteiger partial charge in [-0.1, -0.05) is 48.0 Å². The van der Waals surface area contributed by atoms with Crippen LogP contribution in [0.15, 0.2) is 125 Å². The Bertz CT molecular complexity index is 1670. The Morgan fingerprint density at radius 3 is 2.11 bits per heavy atom. The number of carbonyl (C=O) groups excluding carboxylic acids is 1. The highest BCUT2D eigenvalue weighted by atomic mass is 32.2. The lowest BCUT2D eigenvalue weighted by atomic mass is 9.81. The van der Waals surface area contributed by atoms with Gasteiger partial charge in [-0.3, -0.25) is 4.79 Å². The molecule has 0 spiro atoms. The largest absolute Gasteiger partial charge is 0.497 e. The molecule has 0 radical (unpaired) electrons. The molecule has 7 heteroatoms. The molecule has 3 aliphatic carbocycles. The smallest absolute Gasteiger partial charge is 0.231 e. The summed E-state index contributed by atoms with van der Waals surface area (Å²) in [6.45, 7) is 2.44. The molecular weight excluding hydrogens is 594 g/mol. The highest BCUT2D eigenvalue weighted by Crippen LogP contribution is 2.56. The van der Waals surface area contributed by atoms with Crippen LogP contribution in [0.2, 0.25) is 0 Å². The van der Waals surface area contributed by atoms with E-state index in [2.05, 4.69) is 85.1 Å². The van der Waals surface area contributed by atoms with E-state index in [0.29, 0.717) is 0 Å². The van der Waals surface area contributed by atoms with Crippen molar-refractivity contribution in [1.82, 2.24) is 5.32 Å². The van der Waals surface area contributed by atoms with E-state index in [1.807, 2.05) is 36.0 Å². The van der Waals surface area contributed by atoms with Crippen LogP contribution in [-0.2, 0) is 14.3 Å². The lowest BCUT2D eigenvalue weighted by molar-refractivity contribution is -0.127. The molecule has 1 heterocycles. The van der Waals surface area contributed by atoms with Gasteiger partial charge in [0.05, 0.1) is 24.9 Å². The maximum absolute atomic E-state index is 13.7. The quantitative estimate of drug-likeness (QED) is 0.226. The molecule has 1 saturated heterocycles. The summed E-state index contributed by atoms with van der Waals surface area (Å²) >= 11 is 1.83. The number of thioether (sulfide) groups is 1. The highest BCUT2D eigenvalue weighted by Gasteiger charge is 2.55. The van der Waals surface area contributed by atoms with Crippen molar-refractivity contribution in [1.29, 1.82) is 0 Å². The van der Waals surface area contributed by atoms with Crippen LogP contribution in [0.4, 0.5) is 0 Å². The molecular formula is C39H39NO5S. The highest BCUT2D eigenvalue weighted by molar-refractivity contribution is 7.99. The number of rotatable bonds is 10. The molecule has 1 saturated carbocycles. The van der Waals surface area contributed by atoms with E-state index in [9.17, 15) is 4.79 Å². The summed E-state index contributed by atoms with van der Waals surface area (Å²) in [4.78, 5) is 14.8. The zero-order valence-corrected chi connectivity index (χ0v) is 27.3. The van der Waals surface area contributed by atoms with Crippen LogP contribution >= 0.6 is 11.8 Å². The van der Waals surface area contributed by atoms with Crippen molar-refractivity contribution in [3.05, 3.63) is 137 Å². The summed E-state index contributed by atoms with van der Waals surface area (Å²) in [6.07, 6.45) is 11.8. The van der Waals surface area contributed by atoms with E-state index in [1.165, 1.54) is 27.2 Å². The van der Waals surface area contributed by atoms with Crippen molar-refractivity contribution in [3.8, 4) is 11.5 Å². The summed E-state index contributed by atoms with van der Waals surface area (Å²) < 4.78 is 21.9. The molecule has 7 rings (SSSR count). The fraction of sp³-hybridized carbons (Fsp3) is 0.308. The second kappa shape index (κ2) is 12.8. The number of nitrogens with one attached hydrogen (secondary N) is 1. The number of fused-ring (bicyclic) bond motifs is 1. The predicted molar refractivity (Wildman–Crippen MR) is 180 cm³/mol. The Labute approximate surface area is 275 Å². The number of allylic oxidation sites excluding steroid dienone is 6. The third-order valence-corrected chi connectivity index (χ3v) is 11.0. The Morgan fingerprint density at radius 2 is 1.50 bits per heavy atom. The van der Waals surface area contributed by atoms with Crippen molar-refractivity contribution in [2.75, 3.05) is 21.0 Å². The molecule has 4 aliphatic rings. The molecule has 1 amide bonds. The molecule has 2 unspecified atom stereocenters. The number of amides is 1. The zero-order valence-electron chi connectivity index (χ0n) is 26.5. The van der Waals surface area contributed by atoms with Gasteiger partial charge in [-0.15, -0.1) is 11.8 Å². The number of ether oxygens (including phenoxy) is 4. The van der Waals surface area contributed by atoms with Gasteiger partial charge in [0.25, 0.3) is 0 Å². The first-order valence-electron chi connectivity index (χ1n) is 15.9. The monoisotopic (exact) mass is 633 g/mol. The van der Waals surface area contributed by atoms with E-state index in [4.69, 9.17) is 18.9 Å². The van der Waals surface area contributed by atoms with Gasteiger partial charge in [0.1, 0.15) is 11.5 Å². The predicted octanol–water partition coefficient (Wildman–Crippen LogP) is 8.59. The molecule has 46 heavy (non-hydrogen) atoms. The van der Waals surface area contributed by atoms with Crippen LogP contribution in [0.5, 0.6) is 11.5 Å². The maximum Gasteiger partial charge on any atom is 0.231 e. The van der Waals surface area contributed by atoms with Crippen LogP contribution in [0.25, 0.3) is 0 Å². The molecule has 6 nitrogen and oxygen atoms in total. The first kappa shape index (κ1) is 30.3. The lowest BCUT2D eigenvalue weighted by Crippen LogP contribution is -2.37. The number of methoxy groups -OCH3 is 2. The van der Waals surface area contributed by atoms with Gasteiger partial charge >= 0.3 is 0 Å². The Morgan fingerprint density at radius 1 is 0.870 bits per heavy atom. The SMILES string of the molecule is COc1ccc(C(Sc2ccc(C3CC(NC(=O)C4(C5C=C6OCOC6=CC5)CC4)=CC=C3C)cc2)c2ccc(OC)cc2)cc1. The van der Waals surface area contributed by atoms with Gasteiger partial charge in [-0.2, -0.15) is 0 Å². The van der Waals surface area contributed by atoms with Crippen molar-refractivity contribution >= 4 is 17.7 Å². The van der Waals surface area contributed by atoms with Crippen LogP contribution in [0.1, 0.15) is 60.5 Å². The average molecular weight is 634 g/mol. The summed E-state index contributed by atoms with van der Waals surface area (Å²) in [6, 6.07) is 25.5. The summed E-state index contributed by atoms with van der Waals surface area (Å²) in [5, 5.41) is 3.43. The second-order valence-corrected chi connectivity index (χ2v) is 13.6. The number of benzene rings is 3. The standard InChI is InChI=1S/C39H39NO5S/c1-25-4-12-30(40-38(41)39(20-21-39)29-11-19-35-36(22-29)45-24-44-35)23-34(25)26-9-17-33(18-10-26)46-37(27-5-13-31(42-2)14-6-27)28-7-15-32(43-3)16-8-28/h4-10,12-19,22,29,34,37H,11,20-21,23-24H2,1-3H3,(H,40,41). The summed E-state index contributed by atoms with van der Waals surface area (Å²) in [7, 11) is 3.38. The number of carbonyl (C=O) groups is 1. The van der Waals surface area contributed by atoms with Gasteiger partial charge in [0.15, 0.2) is 11.5 Å². The molecule has 1 aliphatic heterocycles. The lowest BCUT2D eigenvalue weighted by Gasteiger charge is -2.28. The molecule has 2 fully saturated rings. The van der Waals surface area contributed by atoms with E-state index in [-0.39, 0.29) is 35.2 Å². The normalized spacial score (nSPS) is 21.0. The van der Waals surface area contributed by atoms with Gasteiger partial charge in [-0.25, -0.2) is 0 Å². The van der Waals surface area contributed by atoms with Crippen molar-refractivity contribution in [2.45, 2.75) is 48.7 Å². The minimum absolute atomic E-state index is 0.105. The minimum atomic E-state index is -0.364. The molecule has 1 N–H and O–H groups in total. The van der Waals surface area contributed by atoms with Crippen molar-refractivity contribution < 1.29 is 23.7 Å². The van der Waals surface area contributed by atoms with Gasteiger partial charge in [0.2, 0.25) is 12.7 Å². The molecule has 236 valence electrons. The molecule has 0 aromatic heterocycles. The zero-order chi connectivity index (χ0) is 31.7. The van der Waals surface area contributed by atoms with Gasteiger partial charge in [-0.05, 0) is 110 Å². The molecule has 3 aromatic rings. The number of hydrogen-bond acceptors (Lipinski definition) is 6. The van der Waals surface area contributed by atoms with Crippen LogP contribution in [0, 0.1) is 11.3 Å². The summed E-state index contributed by atoms with van der Waals surface area (Å²) in [5.74, 6) is 3.75. The molecule has 0 bridgehead atoms. The van der Waals surface area contributed by atoms with E-state index < -0.39 is 0 Å². The van der Waals surface area contributed by atoms with Crippen LogP contribution in [0.3, 0.4) is 0 Å². The van der Waals surface area contributed by atoms with Crippen molar-refractivity contribution in [2.24, 2.45) is 11.3 Å². The van der Waals surface area contributed by atoms with Crippen molar-refractivity contribution in [3.63, 3.8) is 0 Å². The fourth-order valence-electron chi connectivity index (χ4n) is 6.70. The minimum Gasteiger partial charge on any atom is -0.497 e. The second-order valence-electron chi connectivity index (χ2n) is 12.4. The first-order chi connectivity index (χ1) is 22.5. The summed E-state index contributed by atoms with van der Waals surface area (Å²) in [5.41, 5.74) is 5.56. The third kappa shape index (κ3) is 6.08. The third-order valence-electron chi connectivity index (χ3n) is 9.70. The molecule has 3 aromatic carbocycles. The van der Waals surface area contributed by atoms with E-state index in [1.54, 1.807) is 14.2 Å². The van der Waals surface area contributed by atoms with Gasteiger partial charge in [0, 0.05) is 16.5 Å². The Kier molecular flexibility index (Phi) is 8.43. The van der Waals surface area contributed by atoms with Gasteiger partial charge < -0.3 is 24.3 Å². The maximum atomic E-state index is 13.7. The van der Waals surface area contributed by atoms with E-state index >= 15 is 0 Å². The van der Waals surface area contributed by atoms with Crippen LogP contribution < -0.4 is 14.8 Å². The average Bonchev–Trinajstić information content (AvgIpc) is 3.79. The fourth-order valence-corrected chi connectivity index (χ4v) is 7.85. The topological polar surface area (TPSA) is 66.0 Å².